The molecule has 0 spiro atoms. The zero-order valence-corrected chi connectivity index (χ0v) is 14.2. The third kappa shape index (κ3) is 3.23. The number of carbonyl (C=O) groups excluding carboxylic acids is 1. The maximum absolute atomic E-state index is 13.5. The average molecular weight is 359 g/mol. The monoisotopic (exact) mass is 359 g/mol. The number of carbonyl (C=O) groups is 1. The lowest BCUT2D eigenvalue weighted by Crippen LogP contribution is -2.30. The van der Waals surface area contributed by atoms with Gasteiger partial charge in [0.15, 0.2) is 11.5 Å². The molecule has 1 atom stereocenters. The second-order valence-electron chi connectivity index (χ2n) is 6.57. The Balaban J connectivity index is 1.62. The molecule has 0 bridgehead atoms. The standard InChI is InChI=1S/C20H19F2NO3/c21-15-9-14(10-16(22)12-15)20(24)23-6-1-3-17(23)13-4-5-18-19(11-13)26-8-2-7-25-18/h4-5,9-12,17H,1-3,6-8H2. The molecule has 0 radical (unpaired) electrons. The normalized spacial score (nSPS) is 19.3. The lowest BCUT2D eigenvalue weighted by molar-refractivity contribution is 0.0734. The highest BCUT2D eigenvalue weighted by Crippen LogP contribution is 2.38. The van der Waals surface area contributed by atoms with E-state index in [0.717, 1.165) is 43.0 Å². The molecule has 1 saturated heterocycles. The molecule has 1 amide bonds. The summed E-state index contributed by atoms with van der Waals surface area (Å²) in [5, 5.41) is 0. The fourth-order valence-corrected chi connectivity index (χ4v) is 3.59. The van der Waals surface area contributed by atoms with Crippen LogP contribution in [0.1, 0.15) is 41.2 Å². The van der Waals surface area contributed by atoms with Crippen LogP contribution in [0, 0.1) is 11.6 Å². The summed E-state index contributed by atoms with van der Waals surface area (Å²) in [6.45, 7) is 1.76. The summed E-state index contributed by atoms with van der Waals surface area (Å²) in [6, 6.07) is 8.47. The van der Waals surface area contributed by atoms with Crippen molar-refractivity contribution >= 4 is 5.91 Å². The Morgan fingerprint density at radius 1 is 0.962 bits per heavy atom. The van der Waals surface area contributed by atoms with Crippen molar-refractivity contribution < 1.29 is 23.0 Å². The first kappa shape index (κ1) is 16.8. The molecule has 2 aromatic rings. The van der Waals surface area contributed by atoms with E-state index in [1.165, 1.54) is 0 Å². The van der Waals surface area contributed by atoms with Crippen molar-refractivity contribution in [3.05, 3.63) is 59.2 Å². The van der Waals surface area contributed by atoms with Crippen LogP contribution < -0.4 is 9.47 Å². The number of nitrogens with zero attached hydrogens (tertiary/aromatic N) is 1. The quantitative estimate of drug-likeness (QED) is 0.810. The van der Waals surface area contributed by atoms with E-state index in [2.05, 4.69) is 0 Å². The van der Waals surface area contributed by atoms with Crippen LogP contribution in [-0.4, -0.2) is 30.6 Å². The maximum atomic E-state index is 13.5. The van der Waals surface area contributed by atoms with E-state index in [1.54, 1.807) is 4.90 Å². The lowest BCUT2D eigenvalue weighted by Gasteiger charge is -2.26. The van der Waals surface area contributed by atoms with E-state index in [9.17, 15) is 13.6 Å². The third-order valence-corrected chi connectivity index (χ3v) is 4.78. The smallest absolute Gasteiger partial charge is 0.254 e. The van der Waals surface area contributed by atoms with Crippen LogP contribution in [-0.2, 0) is 0 Å². The Bertz CT molecular complexity index is 820. The molecule has 0 saturated carbocycles. The highest BCUT2D eigenvalue weighted by molar-refractivity contribution is 5.94. The highest BCUT2D eigenvalue weighted by Gasteiger charge is 2.31. The predicted octanol–water partition coefficient (Wildman–Crippen LogP) is 4.10. The van der Waals surface area contributed by atoms with Gasteiger partial charge < -0.3 is 14.4 Å². The van der Waals surface area contributed by atoms with Crippen molar-refractivity contribution in [2.45, 2.75) is 25.3 Å². The number of rotatable bonds is 2. The molecule has 136 valence electrons. The molecule has 0 aromatic heterocycles. The summed E-state index contributed by atoms with van der Waals surface area (Å²) in [5.74, 6) is -0.484. The summed E-state index contributed by atoms with van der Waals surface area (Å²) in [6.07, 6.45) is 2.45. The molecule has 2 heterocycles. The fourth-order valence-electron chi connectivity index (χ4n) is 3.59. The minimum atomic E-state index is -0.750. The van der Waals surface area contributed by atoms with Gasteiger partial charge in [0, 0.05) is 24.6 Å². The minimum absolute atomic E-state index is 0.0312. The van der Waals surface area contributed by atoms with Gasteiger partial charge in [0.1, 0.15) is 11.6 Å². The Morgan fingerprint density at radius 2 is 1.69 bits per heavy atom. The molecule has 1 unspecified atom stereocenters. The molecule has 2 aliphatic rings. The second-order valence-corrected chi connectivity index (χ2v) is 6.57. The number of likely N-dealkylation sites (tertiary alicyclic amines) is 1. The molecule has 26 heavy (non-hydrogen) atoms. The number of hydrogen-bond acceptors (Lipinski definition) is 3. The Kier molecular flexibility index (Phi) is 4.49. The van der Waals surface area contributed by atoms with Gasteiger partial charge in [-0.15, -0.1) is 0 Å². The van der Waals surface area contributed by atoms with E-state index in [-0.39, 0.29) is 17.5 Å². The molecule has 4 nitrogen and oxygen atoms in total. The predicted molar refractivity (Wildman–Crippen MR) is 91.4 cm³/mol. The van der Waals surface area contributed by atoms with Crippen molar-refractivity contribution in [1.82, 2.24) is 4.90 Å². The van der Waals surface area contributed by atoms with Crippen LogP contribution in [0.4, 0.5) is 8.78 Å². The van der Waals surface area contributed by atoms with E-state index in [0.29, 0.717) is 31.3 Å². The first-order valence-electron chi connectivity index (χ1n) is 8.78. The molecule has 2 aliphatic heterocycles. The van der Waals surface area contributed by atoms with Gasteiger partial charge >= 0.3 is 0 Å². The maximum Gasteiger partial charge on any atom is 0.254 e. The van der Waals surface area contributed by atoms with Crippen LogP contribution in [0.5, 0.6) is 11.5 Å². The van der Waals surface area contributed by atoms with Gasteiger partial charge in [-0.25, -0.2) is 8.78 Å². The van der Waals surface area contributed by atoms with Gasteiger partial charge in [-0.1, -0.05) is 6.07 Å². The summed E-state index contributed by atoms with van der Waals surface area (Å²) in [7, 11) is 0. The third-order valence-electron chi connectivity index (χ3n) is 4.78. The zero-order valence-electron chi connectivity index (χ0n) is 14.2. The summed E-state index contributed by atoms with van der Waals surface area (Å²) >= 11 is 0. The number of halogens is 2. The molecule has 2 aromatic carbocycles. The van der Waals surface area contributed by atoms with Crippen LogP contribution in [0.2, 0.25) is 0 Å². The summed E-state index contributed by atoms with van der Waals surface area (Å²) < 4.78 is 38.3. The molecular formula is C20H19F2NO3. The topological polar surface area (TPSA) is 38.8 Å². The number of amides is 1. The summed E-state index contributed by atoms with van der Waals surface area (Å²) in [4.78, 5) is 14.5. The SMILES string of the molecule is O=C(c1cc(F)cc(F)c1)N1CCCC1c1ccc2c(c1)OCCCO2. The molecule has 0 aliphatic carbocycles. The van der Waals surface area contributed by atoms with Crippen molar-refractivity contribution in [2.75, 3.05) is 19.8 Å². The fraction of sp³-hybridized carbons (Fsp3) is 0.350. The first-order chi connectivity index (χ1) is 12.6. The number of benzene rings is 2. The van der Waals surface area contributed by atoms with E-state index >= 15 is 0 Å². The van der Waals surface area contributed by atoms with Gasteiger partial charge in [-0.2, -0.15) is 0 Å². The van der Waals surface area contributed by atoms with Crippen LogP contribution in [0.15, 0.2) is 36.4 Å². The average Bonchev–Trinajstić information content (AvgIpc) is 2.98. The largest absolute Gasteiger partial charge is 0.490 e. The minimum Gasteiger partial charge on any atom is -0.490 e. The van der Waals surface area contributed by atoms with Gasteiger partial charge in [-0.05, 0) is 42.7 Å². The molecular weight excluding hydrogens is 340 g/mol. The van der Waals surface area contributed by atoms with E-state index in [1.807, 2.05) is 18.2 Å². The number of ether oxygens (including phenoxy) is 2. The van der Waals surface area contributed by atoms with Crippen molar-refractivity contribution in [3.63, 3.8) is 0 Å². The van der Waals surface area contributed by atoms with E-state index in [4.69, 9.17) is 9.47 Å². The van der Waals surface area contributed by atoms with Gasteiger partial charge in [0.05, 0.1) is 19.3 Å². The molecule has 1 fully saturated rings. The van der Waals surface area contributed by atoms with Crippen molar-refractivity contribution in [1.29, 1.82) is 0 Å². The molecule has 0 N–H and O–H groups in total. The number of fused-ring (bicyclic) bond motifs is 1. The number of hydrogen-bond donors (Lipinski definition) is 0. The second kappa shape index (κ2) is 6.94. The van der Waals surface area contributed by atoms with Crippen LogP contribution in [0.25, 0.3) is 0 Å². The summed E-state index contributed by atoms with van der Waals surface area (Å²) in [5.41, 5.74) is 0.973. The van der Waals surface area contributed by atoms with Crippen molar-refractivity contribution in [2.24, 2.45) is 0 Å². The zero-order chi connectivity index (χ0) is 18.1. The Labute approximate surface area is 150 Å². The van der Waals surface area contributed by atoms with Gasteiger partial charge in [0.25, 0.3) is 5.91 Å². The van der Waals surface area contributed by atoms with Crippen LogP contribution in [0.3, 0.4) is 0 Å². The van der Waals surface area contributed by atoms with Gasteiger partial charge in [0.2, 0.25) is 0 Å². The highest BCUT2D eigenvalue weighted by atomic mass is 19.1. The molecule has 6 heteroatoms. The first-order valence-corrected chi connectivity index (χ1v) is 8.78. The Morgan fingerprint density at radius 3 is 2.46 bits per heavy atom. The van der Waals surface area contributed by atoms with Gasteiger partial charge in [-0.3, -0.25) is 4.79 Å². The molecule has 4 rings (SSSR count). The lowest BCUT2D eigenvalue weighted by atomic mass is 10.0. The Hall–Kier alpha value is -2.63. The van der Waals surface area contributed by atoms with E-state index < -0.39 is 11.6 Å². The van der Waals surface area contributed by atoms with Crippen molar-refractivity contribution in [3.8, 4) is 11.5 Å². The van der Waals surface area contributed by atoms with Crippen LogP contribution >= 0.6 is 0 Å².